The number of nitrogens with zero attached hydrogens (tertiary/aromatic N) is 1. The van der Waals surface area contributed by atoms with Crippen LogP contribution in [-0.2, 0) is 9.59 Å². The van der Waals surface area contributed by atoms with E-state index in [1.54, 1.807) is 43.3 Å². The zero-order valence-corrected chi connectivity index (χ0v) is 22.3. The fourth-order valence-corrected chi connectivity index (χ4v) is 3.26. The van der Waals surface area contributed by atoms with E-state index >= 15 is 4.39 Å². The predicted molar refractivity (Wildman–Crippen MR) is 142 cm³/mol. The molecule has 16 heteroatoms. The fraction of sp³-hybridized carbons (Fsp3) is 0.192. The standard InChI is InChI=1S/C24H25FN6O4.C2HF3O2/c1-13-5-4-10-28-20(13)23(32)30-31-24(33)21(29-15-8-6-14(7-9-15)22(26)27)16-11-18(34-2)19(35-3)12-17(16)25;3-2(4,5)1(6)7/h4-12,21,29H,1-3H3,(H3,26,27)(H,30,32)(H,31,33);(H,6,7). The Morgan fingerprint density at radius 1 is 1.02 bits per heavy atom. The van der Waals surface area contributed by atoms with Gasteiger partial charge in [-0.25, -0.2) is 9.18 Å². The SMILES string of the molecule is COc1cc(F)c(C(Nc2ccc(C(=N)N)cc2)C(=O)NNC(=O)c2ncccc2C)cc1OC.O=C(O)C(F)(F)F. The molecule has 0 saturated carbocycles. The van der Waals surface area contributed by atoms with Gasteiger partial charge in [-0.2, -0.15) is 13.2 Å². The summed E-state index contributed by atoms with van der Waals surface area (Å²) >= 11 is 0. The van der Waals surface area contributed by atoms with E-state index in [4.69, 9.17) is 30.5 Å². The molecule has 0 aliphatic heterocycles. The second-order valence-electron chi connectivity index (χ2n) is 8.21. The number of aliphatic carboxylic acids is 1. The Morgan fingerprint density at radius 3 is 2.10 bits per heavy atom. The maximum Gasteiger partial charge on any atom is 0.490 e. The first-order valence-corrected chi connectivity index (χ1v) is 11.6. The van der Waals surface area contributed by atoms with Gasteiger partial charge in [-0.15, -0.1) is 0 Å². The topological polar surface area (TPSA) is 189 Å². The number of benzene rings is 2. The minimum Gasteiger partial charge on any atom is -0.493 e. The predicted octanol–water partition coefficient (Wildman–Crippen LogP) is 3.08. The number of alkyl halides is 3. The Kier molecular flexibility index (Phi) is 11.2. The Morgan fingerprint density at radius 2 is 1.60 bits per heavy atom. The van der Waals surface area contributed by atoms with E-state index in [-0.39, 0.29) is 28.6 Å². The van der Waals surface area contributed by atoms with Crippen LogP contribution in [0.5, 0.6) is 11.5 Å². The van der Waals surface area contributed by atoms with Gasteiger partial charge in [-0.1, -0.05) is 6.07 Å². The lowest BCUT2D eigenvalue weighted by Crippen LogP contribution is -2.46. The van der Waals surface area contributed by atoms with Crippen molar-refractivity contribution in [1.29, 1.82) is 5.41 Å². The second kappa shape index (κ2) is 14.3. The van der Waals surface area contributed by atoms with E-state index in [0.717, 1.165) is 6.07 Å². The van der Waals surface area contributed by atoms with Gasteiger partial charge in [-0.3, -0.25) is 30.8 Å². The number of hydrogen-bond donors (Lipinski definition) is 6. The van der Waals surface area contributed by atoms with Crippen LogP contribution in [-0.4, -0.2) is 54.1 Å². The minimum atomic E-state index is -5.08. The number of carboxylic acid groups (broad SMARTS) is 1. The molecular formula is C26H26F4N6O6. The lowest BCUT2D eigenvalue weighted by atomic mass is 10.0. The molecule has 7 N–H and O–H groups in total. The highest BCUT2D eigenvalue weighted by atomic mass is 19.4. The number of methoxy groups -OCH3 is 2. The van der Waals surface area contributed by atoms with Crippen molar-refractivity contribution in [2.45, 2.75) is 19.1 Å². The van der Waals surface area contributed by atoms with E-state index in [1.165, 1.54) is 26.5 Å². The van der Waals surface area contributed by atoms with Crippen molar-refractivity contribution in [2.75, 3.05) is 19.5 Å². The number of anilines is 1. The average molecular weight is 595 g/mol. The zero-order chi connectivity index (χ0) is 31.6. The third-order valence-electron chi connectivity index (χ3n) is 5.35. The molecular weight excluding hydrogens is 568 g/mol. The van der Waals surface area contributed by atoms with Crippen molar-refractivity contribution in [1.82, 2.24) is 15.8 Å². The molecule has 1 atom stereocenters. The lowest BCUT2D eigenvalue weighted by Gasteiger charge is -2.22. The van der Waals surface area contributed by atoms with E-state index < -0.39 is 35.8 Å². The number of nitrogens with one attached hydrogen (secondary N) is 4. The number of hydrogen-bond acceptors (Lipinski definition) is 8. The number of carbonyl (C=O) groups excluding carboxylic acids is 2. The monoisotopic (exact) mass is 594 g/mol. The van der Waals surface area contributed by atoms with Crippen molar-refractivity contribution < 1.29 is 46.5 Å². The number of aromatic nitrogens is 1. The van der Waals surface area contributed by atoms with Crippen molar-refractivity contribution in [3.63, 3.8) is 0 Å². The number of amides is 2. The van der Waals surface area contributed by atoms with Gasteiger partial charge in [0, 0.05) is 29.1 Å². The molecule has 224 valence electrons. The van der Waals surface area contributed by atoms with Crippen LogP contribution in [0.25, 0.3) is 0 Å². The molecule has 0 aliphatic rings. The Balaban J connectivity index is 0.000000782. The van der Waals surface area contributed by atoms with Gasteiger partial charge in [0.15, 0.2) is 11.5 Å². The normalized spacial score (nSPS) is 11.2. The van der Waals surface area contributed by atoms with Gasteiger partial charge in [0.05, 0.1) is 14.2 Å². The van der Waals surface area contributed by atoms with Crippen molar-refractivity contribution in [3.8, 4) is 11.5 Å². The number of carbonyl (C=O) groups is 3. The zero-order valence-electron chi connectivity index (χ0n) is 22.3. The molecule has 42 heavy (non-hydrogen) atoms. The molecule has 0 bridgehead atoms. The molecule has 0 saturated heterocycles. The first kappa shape index (κ1) is 32.8. The molecule has 0 aliphatic carbocycles. The molecule has 2 amide bonds. The van der Waals surface area contributed by atoms with Crippen molar-refractivity contribution in [3.05, 3.63) is 82.9 Å². The first-order chi connectivity index (χ1) is 19.7. The molecule has 12 nitrogen and oxygen atoms in total. The number of amidine groups is 1. The van der Waals surface area contributed by atoms with Crippen LogP contribution >= 0.6 is 0 Å². The summed E-state index contributed by atoms with van der Waals surface area (Å²) in [4.78, 5) is 38.5. The van der Waals surface area contributed by atoms with Gasteiger partial charge in [0.1, 0.15) is 23.4 Å². The number of nitrogens with two attached hydrogens (primary N) is 1. The number of nitrogen functional groups attached to an aromatic ring is 1. The summed E-state index contributed by atoms with van der Waals surface area (Å²) in [6.45, 7) is 1.71. The Labute approximate surface area is 236 Å². The van der Waals surface area contributed by atoms with Crippen LogP contribution in [0.4, 0.5) is 23.2 Å². The summed E-state index contributed by atoms with van der Waals surface area (Å²) in [5.41, 5.74) is 11.7. The summed E-state index contributed by atoms with van der Waals surface area (Å²) in [5.74, 6) is -4.64. The highest BCUT2D eigenvalue weighted by Crippen LogP contribution is 2.34. The number of carboxylic acids is 1. The third-order valence-corrected chi connectivity index (χ3v) is 5.35. The van der Waals surface area contributed by atoms with Gasteiger partial charge in [0.2, 0.25) is 0 Å². The third kappa shape index (κ3) is 8.80. The van der Waals surface area contributed by atoms with Crippen LogP contribution in [0.15, 0.2) is 54.7 Å². The highest BCUT2D eigenvalue weighted by Gasteiger charge is 2.38. The second-order valence-corrected chi connectivity index (χ2v) is 8.21. The molecule has 1 aromatic heterocycles. The summed E-state index contributed by atoms with van der Waals surface area (Å²) in [6.07, 6.45) is -3.63. The highest BCUT2D eigenvalue weighted by molar-refractivity contribution is 5.96. The van der Waals surface area contributed by atoms with Gasteiger partial charge < -0.3 is 25.6 Å². The van der Waals surface area contributed by atoms with Crippen LogP contribution < -0.4 is 31.4 Å². The Bertz CT molecular complexity index is 1450. The molecule has 0 spiro atoms. The molecule has 1 heterocycles. The van der Waals surface area contributed by atoms with Crippen LogP contribution in [0.2, 0.25) is 0 Å². The number of hydrazine groups is 1. The molecule has 3 aromatic rings. The summed E-state index contributed by atoms with van der Waals surface area (Å²) in [7, 11) is 2.75. The van der Waals surface area contributed by atoms with Crippen molar-refractivity contribution in [2.24, 2.45) is 5.73 Å². The first-order valence-electron chi connectivity index (χ1n) is 11.6. The quantitative estimate of drug-likeness (QED) is 0.0986. The fourth-order valence-electron chi connectivity index (χ4n) is 3.26. The summed E-state index contributed by atoms with van der Waals surface area (Å²) in [5, 5.41) is 17.6. The van der Waals surface area contributed by atoms with Crippen LogP contribution in [0, 0.1) is 18.2 Å². The van der Waals surface area contributed by atoms with Gasteiger partial charge in [-0.05, 0) is 48.9 Å². The minimum absolute atomic E-state index is 0.0564. The van der Waals surface area contributed by atoms with E-state index in [0.29, 0.717) is 16.8 Å². The molecule has 2 aromatic carbocycles. The van der Waals surface area contributed by atoms with E-state index in [2.05, 4.69) is 21.2 Å². The van der Waals surface area contributed by atoms with Gasteiger partial charge >= 0.3 is 12.1 Å². The number of pyridine rings is 1. The average Bonchev–Trinajstić information content (AvgIpc) is 2.94. The summed E-state index contributed by atoms with van der Waals surface area (Å²) in [6, 6.07) is 10.9. The number of ether oxygens (including phenoxy) is 2. The number of aryl methyl sites for hydroxylation is 1. The van der Waals surface area contributed by atoms with E-state index in [1.807, 2.05) is 0 Å². The van der Waals surface area contributed by atoms with Crippen molar-refractivity contribution >= 4 is 29.3 Å². The molecule has 0 fully saturated rings. The largest absolute Gasteiger partial charge is 0.493 e. The molecule has 1 unspecified atom stereocenters. The number of halogens is 4. The van der Waals surface area contributed by atoms with E-state index in [9.17, 15) is 22.8 Å². The van der Waals surface area contributed by atoms with Crippen LogP contribution in [0.3, 0.4) is 0 Å². The smallest absolute Gasteiger partial charge is 0.490 e. The number of rotatable bonds is 8. The maximum absolute atomic E-state index is 15.1. The summed E-state index contributed by atoms with van der Waals surface area (Å²) < 4.78 is 57.2. The lowest BCUT2D eigenvalue weighted by molar-refractivity contribution is -0.192. The molecule has 0 radical (unpaired) electrons. The molecule has 3 rings (SSSR count). The van der Waals surface area contributed by atoms with Gasteiger partial charge in [0.25, 0.3) is 11.8 Å². The van der Waals surface area contributed by atoms with Crippen LogP contribution in [0.1, 0.15) is 33.2 Å². The Hall–Kier alpha value is -5.41. The maximum atomic E-state index is 15.1.